The molecule has 0 fully saturated rings. The first kappa shape index (κ1) is 11.2. The number of ether oxygens (including phenoxy) is 2. The first-order valence-electron chi connectivity index (χ1n) is 4.85. The third kappa shape index (κ3) is 1.87. The molecule has 0 atom stereocenters. The molecule has 1 aromatic carbocycles. The Morgan fingerprint density at radius 2 is 2.00 bits per heavy atom. The zero-order valence-electron chi connectivity index (χ0n) is 9.35. The SMILES string of the molecule is COC(=O)c1coc(=O)c2cc(OC)ccc12. The van der Waals surface area contributed by atoms with Crippen LogP contribution in [0.5, 0.6) is 5.75 Å². The molecule has 1 heterocycles. The van der Waals surface area contributed by atoms with Gasteiger partial charge in [0.25, 0.3) is 0 Å². The van der Waals surface area contributed by atoms with Gasteiger partial charge in [0.1, 0.15) is 17.6 Å². The average Bonchev–Trinajstić information content (AvgIpc) is 2.38. The summed E-state index contributed by atoms with van der Waals surface area (Å²) < 4.78 is 14.4. The molecular formula is C12H10O5. The van der Waals surface area contributed by atoms with Crippen LogP contribution in [0.1, 0.15) is 10.4 Å². The summed E-state index contributed by atoms with van der Waals surface area (Å²) in [7, 11) is 2.76. The highest BCUT2D eigenvalue weighted by Crippen LogP contribution is 2.21. The molecule has 5 heteroatoms. The minimum atomic E-state index is -0.552. The summed E-state index contributed by atoms with van der Waals surface area (Å²) in [6, 6.07) is 4.80. The molecule has 0 radical (unpaired) electrons. The molecule has 2 rings (SSSR count). The Kier molecular flexibility index (Phi) is 2.82. The van der Waals surface area contributed by atoms with Crippen LogP contribution in [0, 0.1) is 0 Å². The van der Waals surface area contributed by atoms with E-state index in [4.69, 9.17) is 9.15 Å². The Balaban J connectivity index is 2.78. The van der Waals surface area contributed by atoms with E-state index in [1.54, 1.807) is 12.1 Å². The van der Waals surface area contributed by atoms with Crippen molar-refractivity contribution in [2.75, 3.05) is 14.2 Å². The molecule has 0 saturated heterocycles. The summed E-state index contributed by atoms with van der Waals surface area (Å²) in [6.07, 6.45) is 1.10. The standard InChI is InChI=1S/C12H10O5/c1-15-7-3-4-8-9(5-7)12(14)17-6-10(8)11(13)16-2/h3-6H,1-2H3. The van der Waals surface area contributed by atoms with Crippen molar-refractivity contribution in [1.82, 2.24) is 0 Å². The molecule has 1 aromatic heterocycles. The van der Waals surface area contributed by atoms with Gasteiger partial charge in [-0.05, 0) is 18.2 Å². The highest BCUT2D eigenvalue weighted by molar-refractivity contribution is 6.03. The number of carbonyl (C=O) groups is 1. The van der Waals surface area contributed by atoms with Gasteiger partial charge in [0.05, 0.1) is 19.6 Å². The number of fused-ring (bicyclic) bond motifs is 1. The second-order valence-corrected chi connectivity index (χ2v) is 3.34. The summed E-state index contributed by atoms with van der Waals surface area (Å²) in [5.41, 5.74) is -0.309. The fraction of sp³-hybridized carbons (Fsp3) is 0.167. The first-order chi connectivity index (χ1) is 8.17. The normalized spacial score (nSPS) is 10.2. The predicted molar refractivity (Wildman–Crippen MR) is 60.4 cm³/mol. The summed E-state index contributed by atoms with van der Waals surface area (Å²) in [5.74, 6) is -0.0317. The molecule has 0 aliphatic rings. The van der Waals surface area contributed by atoms with Gasteiger partial charge in [-0.1, -0.05) is 0 Å². The van der Waals surface area contributed by atoms with Crippen LogP contribution in [0.25, 0.3) is 10.8 Å². The lowest BCUT2D eigenvalue weighted by molar-refractivity contribution is 0.0600. The van der Waals surface area contributed by atoms with E-state index < -0.39 is 11.6 Å². The smallest absolute Gasteiger partial charge is 0.343 e. The van der Waals surface area contributed by atoms with E-state index in [1.165, 1.54) is 20.3 Å². The number of hydrogen-bond donors (Lipinski definition) is 0. The van der Waals surface area contributed by atoms with Crippen molar-refractivity contribution in [1.29, 1.82) is 0 Å². The maximum Gasteiger partial charge on any atom is 0.343 e. The van der Waals surface area contributed by atoms with E-state index >= 15 is 0 Å². The molecular weight excluding hydrogens is 224 g/mol. The van der Waals surface area contributed by atoms with Crippen molar-refractivity contribution >= 4 is 16.7 Å². The number of carbonyl (C=O) groups excluding carboxylic acids is 1. The molecule has 0 aliphatic heterocycles. The van der Waals surface area contributed by atoms with Crippen LogP contribution in [0.3, 0.4) is 0 Å². The van der Waals surface area contributed by atoms with Crippen LogP contribution < -0.4 is 10.4 Å². The topological polar surface area (TPSA) is 65.7 Å². The van der Waals surface area contributed by atoms with Crippen molar-refractivity contribution in [3.63, 3.8) is 0 Å². The Morgan fingerprint density at radius 3 is 2.65 bits per heavy atom. The van der Waals surface area contributed by atoms with Gasteiger partial charge in [0.15, 0.2) is 0 Å². The van der Waals surface area contributed by atoms with Gasteiger partial charge in [-0.15, -0.1) is 0 Å². The van der Waals surface area contributed by atoms with Crippen LogP contribution in [0.4, 0.5) is 0 Å². The van der Waals surface area contributed by atoms with Crippen LogP contribution in [-0.2, 0) is 4.74 Å². The lowest BCUT2D eigenvalue weighted by atomic mass is 10.1. The zero-order chi connectivity index (χ0) is 12.4. The average molecular weight is 234 g/mol. The predicted octanol–water partition coefficient (Wildman–Crippen LogP) is 1.59. The molecule has 0 saturated carbocycles. The first-order valence-corrected chi connectivity index (χ1v) is 4.85. The van der Waals surface area contributed by atoms with E-state index in [1.807, 2.05) is 0 Å². The molecule has 88 valence electrons. The monoisotopic (exact) mass is 234 g/mol. The van der Waals surface area contributed by atoms with Crippen molar-refractivity contribution in [3.8, 4) is 5.75 Å². The van der Waals surface area contributed by atoms with Gasteiger partial charge >= 0.3 is 11.6 Å². The van der Waals surface area contributed by atoms with E-state index in [-0.39, 0.29) is 10.9 Å². The number of hydrogen-bond acceptors (Lipinski definition) is 5. The Morgan fingerprint density at radius 1 is 1.24 bits per heavy atom. The number of benzene rings is 1. The van der Waals surface area contributed by atoms with Crippen molar-refractivity contribution < 1.29 is 18.7 Å². The number of methoxy groups -OCH3 is 2. The zero-order valence-corrected chi connectivity index (χ0v) is 9.35. The Bertz CT molecular complexity index is 626. The van der Waals surface area contributed by atoms with E-state index in [2.05, 4.69) is 4.74 Å². The fourth-order valence-corrected chi connectivity index (χ4v) is 1.56. The van der Waals surface area contributed by atoms with E-state index in [9.17, 15) is 9.59 Å². The summed E-state index contributed by atoms with van der Waals surface area (Å²) in [6.45, 7) is 0. The molecule has 5 nitrogen and oxygen atoms in total. The van der Waals surface area contributed by atoms with Gasteiger partial charge < -0.3 is 13.9 Å². The second-order valence-electron chi connectivity index (χ2n) is 3.34. The van der Waals surface area contributed by atoms with Gasteiger partial charge in [0.2, 0.25) is 0 Å². The minimum Gasteiger partial charge on any atom is -0.497 e. The molecule has 0 aliphatic carbocycles. The molecule has 0 N–H and O–H groups in total. The highest BCUT2D eigenvalue weighted by Gasteiger charge is 2.14. The van der Waals surface area contributed by atoms with Crippen molar-refractivity contribution in [3.05, 3.63) is 40.4 Å². The summed E-state index contributed by atoms with van der Waals surface area (Å²) >= 11 is 0. The highest BCUT2D eigenvalue weighted by atomic mass is 16.5. The third-order valence-electron chi connectivity index (χ3n) is 2.43. The lowest BCUT2D eigenvalue weighted by Crippen LogP contribution is -2.07. The maximum atomic E-state index is 11.5. The largest absolute Gasteiger partial charge is 0.497 e. The third-order valence-corrected chi connectivity index (χ3v) is 2.43. The van der Waals surface area contributed by atoms with Crippen LogP contribution in [0.2, 0.25) is 0 Å². The fourth-order valence-electron chi connectivity index (χ4n) is 1.56. The summed E-state index contributed by atoms with van der Waals surface area (Å²) in [5, 5.41) is 0.765. The minimum absolute atomic E-state index is 0.213. The van der Waals surface area contributed by atoms with Crippen molar-refractivity contribution in [2.45, 2.75) is 0 Å². The molecule has 0 bridgehead atoms. The van der Waals surface area contributed by atoms with Crippen LogP contribution in [-0.4, -0.2) is 20.2 Å². The quantitative estimate of drug-likeness (QED) is 0.738. The van der Waals surface area contributed by atoms with Crippen molar-refractivity contribution in [2.24, 2.45) is 0 Å². The van der Waals surface area contributed by atoms with Gasteiger partial charge in [-0.3, -0.25) is 0 Å². The maximum absolute atomic E-state index is 11.5. The number of rotatable bonds is 2. The number of esters is 1. The van der Waals surface area contributed by atoms with E-state index in [0.29, 0.717) is 11.1 Å². The molecule has 2 aromatic rings. The lowest BCUT2D eigenvalue weighted by Gasteiger charge is -2.04. The molecule has 0 spiro atoms. The molecule has 0 unspecified atom stereocenters. The van der Waals surface area contributed by atoms with Gasteiger partial charge in [0, 0.05) is 5.39 Å². The second kappa shape index (κ2) is 4.29. The molecule has 17 heavy (non-hydrogen) atoms. The Hall–Kier alpha value is -2.30. The van der Waals surface area contributed by atoms with Crippen LogP contribution >= 0.6 is 0 Å². The van der Waals surface area contributed by atoms with Crippen LogP contribution in [0.15, 0.2) is 33.7 Å². The molecule has 0 amide bonds. The summed E-state index contributed by atoms with van der Waals surface area (Å²) in [4.78, 5) is 23.0. The Labute approximate surface area is 96.6 Å². The van der Waals surface area contributed by atoms with E-state index in [0.717, 1.165) is 6.26 Å². The van der Waals surface area contributed by atoms with Gasteiger partial charge in [-0.2, -0.15) is 0 Å². The van der Waals surface area contributed by atoms with Gasteiger partial charge in [-0.25, -0.2) is 9.59 Å².